The number of benzene rings is 1. The van der Waals surface area contributed by atoms with Crippen molar-refractivity contribution in [1.29, 1.82) is 0 Å². The smallest absolute Gasteiger partial charge is 0.314 e. The largest absolute Gasteiger partial charge is 0.383 e. The van der Waals surface area contributed by atoms with E-state index in [2.05, 4.69) is 41.1 Å². The normalized spacial score (nSPS) is 16.0. The van der Waals surface area contributed by atoms with Gasteiger partial charge in [0.2, 0.25) is 0 Å². The highest BCUT2D eigenvalue weighted by Crippen LogP contribution is 2.33. The molecule has 3 aromatic rings. The Morgan fingerprint density at radius 3 is 2.74 bits per heavy atom. The first-order chi connectivity index (χ1) is 18.0. The highest BCUT2D eigenvalue weighted by atomic mass is 28.3. The van der Waals surface area contributed by atoms with Crippen molar-refractivity contribution in [3.8, 4) is 0 Å². The second-order valence-corrected chi connectivity index (χ2v) is 16.9. The molecule has 4 rings (SSSR count). The van der Waals surface area contributed by atoms with Gasteiger partial charge in [-0.25, -0.2) is 9.67 Å². The van der Waals surface area contributed by atoms with Gasteiger partial charge in [-0.3, -0.25) is 9.59 Å². The van der Waals surface area contributed by atoms with E-state index in [0.29, 0.717) is 35.6 Å². The SMILES string of the molecule is CN(C)c1cccc(C2CCCCN2C(=O)C(=O)Nc2cnc(N)c3cnn(COCC[Si](C)(C)C)c23)c1. The maximum atomic E-state index is 13.5. The van der Waals surface area contributed by atoms with Crippen LogP contribution in [0.3, 0.4) is 0 Å². The van der Waals surface area contributed by atoms with Crippen molar-refractivity contribution >= 4 is 48.0 Å². The van der Waals surface area contributed by atoms with Crippen LogP contribution in [-0.2, 0) is 21.1 Å². The predicted molar refractivity (Wildman–Crippen MR) is 154 cm³/mol. The summed E-state index contributed by atoms with van der Waals surface area (Å²) >= 11 is 0. The lowest BCUT2D eigenvalue weighted by Crippen LogP contribution is -2.44. The summed E-state index contributed by atoms with van der Waals surface area (Å²) in [5, 5.41) is 7.78. The Kier molecular flexibility index (Phi) is 8.37. The molecule has 38 heavy (non-hydrogen) atoms. The van der Waals surface area contributed by atoms with Crippen LogP contribution in [0.5, 0.6) is 0 Å². The molecule has 1 aliphatic heterocycles. The highest BCUT2D eigenvalue weighted by molar-refractivity contribution is 6.76. The molecule has 204 valence electrons. The number of hydrogen-bond acceptors (Lipinski definition) is 7. The molecule has 2 aromatic heterocycles. The number of amides is 2. The number of nitrogen functional groups attached to an aromatic ring is 1. The van der Waals surface area contributed by atoms with Crippen molar-refractivity contribution < 1.29 is 14.3 Å². The van der Waals surface area contributed by atoms with Gasteiger partial charge in [-0.15, -0.1) is 0 Å². The van der Waals surface area contributed by atoms with E-state index in [0.717, 1.165) is 36.6 Å². The van der Waals surface area contributed by atoms with Crippen LogP contribution in [0.25, 0.3) is 10.9 Å². The van der Waals surface area contributed by atoms with Crippen molar-refractivity contribution in [1.82, 2.24) is 19.7 Å². The molecule has 1 unspecified atom stereocenters. The van der Waals surface area contributed by atoms with Crippen molar-refractivity contribution in [3.05, 3.63) is 42.2 Å². The van der Waals surface area contributed by atoms with Gasteiger partial charge in [-0.1, -0.05) is 31.8 Å². The average Bonchev–Trinajstić information content (AvgIpc) is 3.32. The van der Waals surface area contributed by atoms with Crippen LogP contribution in [0.15, 0.2) is 36.7 Å². The molecule has 1 aromatic carbocycles. The molecule has 0 bridgehead atoms. The van der Waals surface area contributed by atoms with Gasteiger partial charge in [-0.2, -0.15) is 5.10 Å². The van der Waals surface area contributed by atoms with Crippen molar-refractivity contribution in [2.24, 2.45) is 0 Å². The van der Waals surface area contributed by atoms with Crippen LogP contribution in [0.1, 0.15) is 30.9 Å². The standard InChI is InChI=1S/C27H39N7O3Si/c1-32(2)20-10-8-9-19(15-20)23-11-6-7-12-33(23)27(36)26(35)31-22-17-29-25(28)21-16-30-34(24(21)22)18-37-13-14-38(3,4)5/h8-10,15-17,23H,6-7,11-14,18H2,1-5H3,(H2,28,29)(H,31,35). The molecule has 0 aliphatic carbocycles. The number of rotatable bonds is 8. The number of nitrogens with two attached hydrogens (primary N) is 1. The summed E-state index contributed by atoms with van der Waals surface area (Å²) in [6.07, 6.45) is 5.75. The van der Waals surface area contributed by atoms with Crippen LogP contribution in [0.2, 0.25) is 25.7 Å². The molecule has 0 saturated carbocycles. The fourth-order valence-corrected chi connectivity index (χ4v) is 5.43. The first kappa shape index (κ1) is 27.6. The van der Waals surface area contributed by atoms with Crippen molar-refractivity contribution in [2.45, 2.75) is 57.7 Å². The van der Waals surface area contributed by atoms with Gasteiger partial charge in [0.25, 0.3) is 0 Å². The maximum absolute atomic E-state index is 13.5. The van der Waals surface area contributed by atoms with E-state index in [9.17, 15) is 9.59 Å². The average molecular weight is 538 g/mol. The number of pyridine rings is 1. The second kappa shape index (κ2) is 11.5. The number of nitrogens with one attached hydrogen (secondary N) is 1. The fourth-order valence-electron chi connectivity index (χ4n) is 4.68. The molecule has 0 radical (unpaired) electrons. The lowest BCUT2D eigenvalue weighted by atomic mass is 9.94. The summed E-state index contributed by atoms with van der Waals surface area (Å²) < 4.78 is 7.52. The van der Waals surface area contributed by atoms with E-state index in [4.69, 9.17) is 10.5 Å². The van der Waals surface area contributed by atoms with Gasteiger partial charge in [0.05, 0.1) is 35.0 Å². The van der Waals surface area contributed by atoms with Gasteiger partial charge < -0.3 is 25.6 Å². The topological polar surface area (TPSA) is 119 Å². The molecule has 2 amide bonds. The second-order valence-electron chi connectivity index (χ2n) is 11.3. The summed E-state index contributed by atoms with van der Waals surface area (Å²) in [7, 11) is 2.74. The zero-order valence-electron chi connectivity index (χ0n) is 23.0. The quantitative estimate of drug-likeness (QED) is 0.252. The number of likely N-dealkylation sites (tertiary alicyclic amines) is 1. The molecular formula is C27H39N7O3Si. The third-order valence-electron chi connectivity index (χ3n) is 6.89. The molecule has 1 aliphatic rings. The van der Waals surface area contributed by atoms with Crippen molar-refractivity contribution in [3.63, 3.8) is 0 Å². The van der Waals surface area contributed by atoms with E-state index in [1.165, 1.54) is 6.20 Å². The zero-order chi connectivity index (χ0) is 27.4. The number of carbonyl (C=O) groups is 2. The van der Waals surface area contributed by atoms with E-state index in [1.807, 2.05) is 37.2 Å². The third kappa shape index (κ3) is 6.33. The van der Waals surface area contributed by atoms with Gasteiger partial charge >= 0.3 is 11.8 Å². The molecule has 10 nitrogen and oxygen atoms in total. The number of ether oxygens (including phenoxy) is 1. The van der Waals surface area contributed by atoms with Gasteiger partial charge in [0.1, 0.15) is 12.5 Å². The predicted octanol–water partition coefficient (Wildman–Crippen LogP) is 4.08. The summed E-state index contributed by atoms with van der Waals surface area (Å²) in [6, 6.07) is 9.01. The Labute approximate surface area is 225 Å². The number of carbonyl (C=O) groups excluding carboxylic acids is 2. The molecule has 1 atom stereocenters. The number of hydrogen-bond donors (Lipinski definition) is 2. The minimum atomic E-state index is -1.23. The zero-order valence-corrected chi connectivity index (χ0v) is 24.0. The molecule has 1 fully saturated rings. The Morgan fingerprint density at radius 1 is 1.21 bits per heavy atom. The molecule has 3 heterocycles. The van der Waals surface area contributed by atoms with Gasteiger partial charge in [-0.05, 0) is 43.0 Å². The maximum Gasteiger partial charge on any atom is 0.314 e. The third-order valence-corrected chi connectivity index (χ3v) is 8.59. The summed E-state index contributed by atoms with van der Waals surface area (Å²) in [5.74, 6) is -0.970. The molecule has 11 heteroatoms. The van der Waals surface area contributed by atoms with Crippen molar-refractivity contribution in [2.75, 3.05) is 43.2 Å². The number of fused-ring (bicyclic) bond motifs is 1. The highest BCUT2D eigenvalue weighted by Gasteiger charge is 2.32. The van der Waals surface area contributed by atoms with Crippen LogP contribution < -0.4 is 16.0 Å². The minimum absolute atomic E-state index is 0.156. The first-order valence-corrected chi connectivity index (χ1v) is 16.8. The Balaban J connectivity index is 1.53. The summed E-state index contributed by atoms with van der Waals surface area (Å²) in [6.45, 7) is 8.25. The number of nitrogens with zero attached hydrogens (tertiary/aromatic N) is 5. The Morgan fingerprint density at radius 2 is 2.00 bits per heavy atom. The van der Waals surface area contributed by atoms with E-state index < -0.39 is 19.9 Å². The van der Waals surface area contributed by atoms with Crippen LogP contribution in [0.4, 0.5) is 17.2 Å². The number of aromatic nitrogens is 3. The van der Waals surface area contributed by atoms with Crippen LogP contribution in [0, 0.1) is 0 Å². The lowest BCUT2D eigenvalue weighted by molar-refractivity contribution is -0.145. The summed E-state index contributed by atoms with van der Waals surface area (Å²) in [4.78, 5) is 34.6. The number of anilines is 3. The van der Waals surface area contributed by atoms with E-state index >= 15 is 0 Å². The molecule has 3 N–H and O–H groups in total. The minimum Gasteiger partial charge on any atom is -0.383 e. The number of piperidine rings is 1. The van der Waals surface area contributed by atoms with Crippen LogP contribution in [-0.4, -0.2) is 66.8 Å². The van der Waals surface area contributed by atoms with E-state index in [1.54, 1.807) is 15.8 Å². The Hall–Kier alpha value is -3.44. The Bertz CT molecular complexity index is 1300. The van der Waals surface area contributed by atoms with Gasteiger partial charge in [0.15, 0.2) is 0 Å². The van der Waals surface area contributed by atoms with Gasteiger partial charge in [0, 0.05) is 41.0 Å². The molecule has 1 saturated heterocycles. The first-order valence-electron chi connectivity index (χ1n) is 13.1. The lowest BCUT2D eigenvalue weighted by Gasteiger charge is -2.36. The van der Waals surface area contributed by atoms with E-state index in [-0.39, 0.29) is 12.8 Å². The molecular weight excluding hydrogens is 498 g/mol. The summed E-state index contributed by atoms with van der Waals surface area (Å²) in [5.41, 5.74) is 9.13. The van der Waals surface area contributed by atoms with Crippen LogP contribution >= 0.6 is 0 Å². The fraction of sp³-hybridized carbons (Fsp3) is 0.481. The monoisotopic (exact) mass is 537 g/mol. The molecule has 0 spiro atoms.